The maximum absolute atomic E-state index is 12.4. The highest BCUT2D eigenvalue weighted by atomic mass is 35.5. The molecule has 0 bridgehead atoms. The fourth-order valence-corrected chi connectivity index (χ4v) is 4.81. The van der Waals surface area contributed by atoms with Gasteiger partial charge in [0, 0.05) is 29.6 Å². The number of fused-ring (bicyclic) bond motifs is 2. The first-order valence-electron chi connectivity index (χ1n) is 9.90. The third kappa shape index (κ3) is 3.97. The van der Waals surface area contributed by atoms with Gasteiger partial charge in [-0.2, -0.15) is 0 Å². The lowest BCUT2D eigenvalue weighted by Gasteiger charge is -2.41. The summed E-state index contributed by atoms with van der Waals surface area (Å²) in [5.74, 6) is 0.302. The molecule has 0 saturated carbocycles. The molecule has 1 aromatic rings. The lowest BCUT2D eigenvalue weighted by Crippen LogP contribution is -2.47. The molecule has 2 N–H and O–H groups in total. The van der Waals surface area contributed by atoms with E-state index in [0.29, 0.717) is 19.0 Å². The van der Waals surface area contributed by atoms with Crippen molar-refractivity contribution in [2.75, 3.05) is 13.1 Å². The number of amides is 1. The van der Waals surface area contributed by atoms with E-state index < -0.39 is 5.60 Å². The van der Waals surface area contributed by atoms with Gasteiger partial charge >= 0.3 is 6.09 Å². The first-order chi connectivity index (χ1) is 12.3. The lowest BCUT2D eigenvalue weighted by molar-refractivity contribution is 0.0159. The van der Waals surface area contributed by atoms with Crippen molar-refractivity contribution in [1.82, 2.24) is 4.90 Å². The molecule has 0 radical (unpaired) electrons. The van der Waals surface area contributed by atoms with Crippen molar-refractivity contribution in [1.29, 1.82) is 0 Å². The molecule has 1 aliphatic heterocycles. The smallest absolute Gasteiger partial charge is 0.410 e. The summed E-state index contributed by atoms with van der Waals surface area (Å²) in [6, 6.07) is 4.38. The molecule has 27 heavy (non-hydrogen) atoms. The number of ether oxygens (including phenoxy) is 1. The van der Waals surface area contributed by atoms with Gasteiger partial charge in [-0.3, -0.25) is 0 Å². The summed E-state index contributed by atoms with van der Waals surface area (Å²) in [4.78, 5) is 14.3. The molecule has 150 valence electrons. The topological polar surface area (TPSA) is 55.6 Å². The van der Waals surface area contributed by atoms with Crippen LogP contribution >= 0.6 is 11.6 Å². The van der Waals surface area contributed by atoms with Gasteiger partial charge in [-0.15, -0.1) is 0 Å². The second-order valence-electron chi connectivity index (χ2n) is 10.0. The molecule has 1 fully saturated rings. The summed E-state index contributed by atoms with van der Waals surface area (Å²) in [6.07, 6.45) is 2.65. The highest BCUT2D eigenvalue weighted by Crippen LogP contribution is 2.55. The van der Waals surface area contributed by atoms with Gasteiger partial charge in [-0.25, -0.2) is 4.79 Å². The minimum absolute atomic E-state index is 0.0481. The molecule has 2 aliphatic rings. The van der Waals surface area contributed by atoms with Crippen molar-refractivity contribution in [3.05, 3.63) is 33.8 Å². The molecule has 0 aromatic heterocycles. The van der Waals surface area contributed by atoms with Crippen LogP contribution in [0.25, 0.3) is 0 Å². The number of nitrogens with zero attached hydrogens (tertiary/aromatic N) is 1. The van der Waals surface area contributed by atoms with Crippen LogP contribution in [0.3, 0.4) is 0 Å². The first kappa shape index (κ1) is 20.5. The zero-order valence-corrected chi connectivity index (χ0v) is 18.2. The first-order valence-corrected chi connectivity index (χ1v) is 10.3. The maximum Gasteiger partial charge on any atom is 0.410 e. The van der Waals surface area contributed by atoms with Gasteiger partial charge in [0.25, 0.3) is 0 Å². The van der Waals surface area contributed by atoms with E-state index in [1.165, 1.54) is 11.1 Å². The van der Waals surface area contributed by atoms with Crippen molar-refractivity contribution in [3.63, 3.8) is 0 Å². The van der Waals surface area contributed by atoms with E-state index in [1.807, 2.05) is 25.7 Å². The molecular formula is C22H33ClN2O2. The van der Waals surface area contributed by atoms with Gasteiger partial charge in [-0.05, 0) is 89.0 Å². The number of hydrogen-bond donors (Lipinski definition) is 1. The molecule has 0 unspecified atom stereocenters. The molecule has 1 heterocycles. The van der Waals surface area contributed by atoms with Crippen molar-refractivity contribution < 1.29 is 9.53 Å². The SMILES string of the molecule is Cc1cc2c(cc1Cl)C1(CCN(C(=O)OC(C)(C)C)CC1)C[C@H]2C(C)(C)N. The Morgan fingerprint density at radius 1 is 1.22 bits per heavy atom. The van der Waals surface area contributed by atoms with Crippen molar-refractivity contribution in [3.8, 4) is 0 Å². The Bertz CT molecular complexity index is 738. The summed E-state index contributed by atoms with van der Waals surface area (Å²) in [5, 5.41) is 0.818. The molecule has 1 spiro atoms. The van der Waals surface area contributed by atoms with E-state index in [4.69, 9.17) is 22.1 Å². The van der Waals surface area contributed by atoms with Gasteiger partial charge < -0.3 is 15.4 Å². The van der Waals surface area contributed by atoms with E-state index in [2.05, 4.69) is 32.9 Å². The van der Waals surface area contributed by atoms with Crippen LogP contribution in [0.4, 0.5) is 4.79 Å². The highest BCUT2D eigenvalue weighted by Gasteiger charge is 2.49. The summed E-state index contributed by atoms with van der Waals surface area (Å²) < 4.78 is 5.55. The van der Waals surface area contributed by atoms with Crippen LogP contribution < -0.4 is 5.73 Å². The summed E-state index contributed by atoms with van der Waals surface area (Å²) >= 11 is 6.49. The van der Waals surface area contributed by atoms with Crippen LogP contribution in [0.1, 0.15) is 76.5 Å². The Kier molecular flexibility index (Phi) is 5.05. The van der Waals surface area contributed by atoms with Crippen molar-refractivity contribution in [2.24, 2.45) is 5.73 Å². The van der Waals surface area contributed by atoms with Crippen LogP contribution in [0.15, 0.2) is 12.1 Å². The third-order valence-electron chi connectivity index (χ3n) is 6.14. The van der Waals surface area contributed by atoms with E-state index in [-0.39, 0.29) is 17.0 Å². The summed E-state index contributed by atoms with van der Waals surface area (Å²) in [6.45, 7) is 13.4. The average Bonchev–Trinajstić information content (AvgIpc) is 2.81. The number of rotatable bonds is 1. The minimum Gasteiger partial charge on any atom is -0.444 e. The number of nitrogens with two attached hydrogens (primary N) is 1. The number of hydrogen-bond acceptors (Lipinski definition) is 3. The number of piperidine rings is 1. The number of halogens is 1. The summed E-state index contributed by atoms with van der Waals surface area (Å²) in [7, 11) is 0. The predicted molar refractivity (Wildman–Crippen MR) is 111 cm³/mol. The third-order valence-corrected chi connectivity index (χ3v) is 6.55. The number of likely N-dealkylation sites (tertiary alicyclic amines) is 1. The largest absolute Gasteiger partial charge is 0.444 e. The van der Waals surface area contributed by atoms with Gasteiger partial charge in [0.2, 0.25) is 0 Å². The lowest BCUT2D eigenvalue weighted by atomic mass is 9.72. The van der Waals surface area contributed by atoms with E-state index in [9.17, 15) is 4.79 Å². The fourth-order valence-electron chi connectivity index (χ4n) is 4.64. The standard InChI is InChI=1S/C22H33ClN2O2/c1-14-11-15-16(12-18(14)23)22(13-17(15)21(5,6)24)7-9-25(10-8-22)19(26)27-20(2,3)4/h11-12,17H,7-10,13,24H2,1-6H3/t17-/m1/s1. The molecule has 1 atom stereocenters. The van der Waals surface area contributed by atoms with Crippen LogP contribution in [0.5, 0.6) is 0 Å². The molecular weight excluding hydrogens is 360 g/mol. The van der Waals surface area contributed by atoms with Crippen LogP contribution in [0.2, 0.25) is 5.02 Å². The Morgan fingerprint density at radius 3 is 2.33 bits per heavy atom. The molecule has 1 amide bonds. The predicted octanol–water partition coefficient (Wildman–Crippen LogP) is 5.14. The zero-order chi connectivity index (χ0) is 20.2. The van der Waals surface area contributed by atoms with Gasteiger partial charge in [0.05, 0.1) is 0 Å². The number of benzene rings is 1. The van der Waals surface area contributed by atoms with Gasteiger partial charge in [-0.1, -0.05) is 17.7 Å². The highest BCUT2D eigenvalue weighted by molar-refractivity contribution is 6.31. The quantitative estimate of drug-likeness (QED) is 0.719. The van der Waals surface area contributed by atoms with E-state index in [1.54, 1.807) is 0 Å². The Hall–Kier alpha value is -1.26. The monoisotopic (exact) mass is 392 g/mol. The van der Waals surface area contributed by atoms with Crippen LogP contribution in [0, 0.1) is 6.92 Å². The molecule has 1 aliphatic carbocycles. The van der Waals surface area contributed by atoms with Crippen molar-refractivity contribution >= 4 is 17.7 Å². The molecule has 1 aromatic carbocycles. The minimum atomic E-state index is -0.466. The molecule has 5 heteroatoms. The van der Waals surface area contributed by atoms with Gasteiger partial charge in [0.1, 0.15) is 5.60 Å². The zero-order valence-electron chi connectivity index (χ0n) is 17.5. The number of aryl methyl sites for hydroxylation is 1. The maximum atomic E-state index is 12.4. The molecule has 4 nitrogen and oxygen atoms in total. The average molecular weight is 393 g/mol. The molecule has 1 saturated heterocycles. The van der Waals surface area contributed by atoms with E-state index in [0.717, 1.165) is 29.8 Å². The normalized spacial score (nSPS) is 22.1. The Labute approximate surface area is 168 Å². The Morgan fingerprint density at radius 2 is 1.81 bits per heavy atom. The number of carbonyl (C=O) groups is 1. The number of carbonyl (C=O) groups excluding carboxylic acids is 1. The van der Waals surface area contributed by atoms with E-state index >= 15 is 0 Å². The summed E-state index contributed by atoms with van der Waals surface area (Å²) in [5.41, 5.74) is 9.64. The van der Waals surface area contributed by atoms with Crippen LogP contribution in [-0.4, -0.2) is 35.2 Å². The van der Waals surface area contributed by atoms with Crippen molar-refractivity contribution in [2.45, 2.75) is 83.3 Å². The molecule has 3 rings (SSSR count). The van der Waals surface area contributed by atoms with Gasteiger partial charge in [0.15, 0.2) is 0 Å². The fraction of sp³-hybridized carbons (Fsp3) is 0.682. The van der Waals surface area contributed by atoms with Crippen LogP contribution in [-0.2, 0) is 10.2 Å². The second kappa shape index (κ2) is 6.66. The Balaban J connectivity index is 1.86. The second-order valence-corrected chi connectivity index (χ2v) is 10.4.